The Bertz CT molecular complexity index is 903. The van der Waals surface area contributed by atoms with Crippen LogP contribution in [0.25, 0.3) is 11.0 Å². The molecule has 8 heteroatoms. The van der Waals surface area contributed by atoms with Crippen LogP contribution < -0.4 is 5.32 Å². The van der Waals surface area contributed by atoms with Gasteiger partial charge in [0, 0.05) is 15.2 Å². The minimum Gasteiger partial charge on any atom is -0.466 e. The van der Waals surface area contributed by atoms with E-state index in [1.54, 1.807) is 24.4 Å². The first kappa shape index (κ1) is 16.7. The van der Waals surface area contributed by atoms with E-state index in [0.717, 1.165) is 9.86 Å². The number of aromatic nitrogens is 1. The Kier molecular flexibility index (Phi) is 4.96. The molecule has 0 atom stereocenters. The van der Waals surface area contributed by atoms with Gasteiger partial charge >= 0.3 is 5.97 Å². The number of halogens is 1. The number of hydrogen-bond donors (Lipinski definition) is 1. The van der Waals surface area contributed by atoms with E-state index >= 15 is 0 Å². The number of rotatable bonds is 5. The number of nitrogens with one attached hydrogen (secondary N) is 1. The van der Waals surface area contributed by atoms with E-state index in [1.807, 2.05) is 12.1 Å². The lowest BCUT2D eigenvalue weighted by molar-refractivity contribution is -0.142. The van der Waals surface area contributed by atoms with Gasteiger partial charge in [0.2, 0.25) is 0 Å². The molecule has 0 radical (unpaired) electrons. The van der Waals surface area contributed by atoms with Gasteiger partial charge in [-0.3, -0.25) is 14.9 Å². The minimum atomic E-state index is -0.389. The quantitative estimate of drug-likeness (QED) is 0.644. The molecule has 2 aromatic heterocycles. The van der Waals surface area contributed by atoms with E-state index in [-0.39, 0.29) is 24.1 Å². The molecule has 3 rings (SSSR count). The first-order chi connectivity index (χ1) is 11.5. The highest BCUT2D eigenvalue weighted by Crippen LogP contribution is 2.24. The second-order valence-electron chi connectivity index (χ2n) is 4.87. The summed E-state index contributed by atoms with van der Waals surface area (Å²) in [5, 5.41) is 5.61. The van der Waals surface area contributed by atoms with Crippen LogP contribution in [0.4, 0.5) is 5.13 Å². The fraction of sp³-hybridized carbons (Fsp3) is 0.188. The smallest absolute Gasteiger partial charge is 0.311 e. The topological polar surface area (TPSA) is 81.4 Å². The highest BCUT2D eigenvalue weighted by atomic mass is 79.9. The number of anilines is 1. The van der Waals surface area contributed by atoms with Crippen molar-refractivity contribution in [3.63, 3.8) is 0 Å². The highest BCUT2D eigenvalue weighted by molar-refractivity contribution is 9.10. The van der Waals surface area contributed by atoms with Crippen LogP contribution in [0.5, 0.6) is 0 Å². The molecule has 0 fully saturated rings. The maximum Gasteiger partial charge on any atom is 0.311 e. The van der Waals surface area contributed by atoms with Crippen molar-refractivity contribution in [1.82, 2.24) is 4.98 Å². The molecule has 0 unspecified atom stereocenters. The van der Waals surface area contributed by atoms with Gasteiger partial charge in [0.1, 0.15) is 5.58 Å². The third kappa shape index (κ3) is 3.82. The van der Waals surface area contributed by atoms with Gasteiger partial charge in [-0.25, -0.2) is 4.98 Å². The first-order valence-electron chi connectivity index (χ1n) is 7.15. The average molecular weight is 409 g/mol. The van der Waals surface area contributed by atoms with Gasteiger partial charge in [-0.15, -0.1) is 11.3 Å². The largest absolute Gasteiger partial charge is 0.466 e. The van der Waals surface area contributed by atoms with Crippen molar-refractivity contribution in [2.75, 3.05) is 11.9 Å². The van der Waals surface area contributed by atoms with Crippen LogP contribution in [0.15, 0.2) is 38.5 Å². The predicted octanol–water partition coefficient (Wildman–Crippen LogP) is 4.01. The molecule has 2 heterocycles. The fourth-order valence-corrected chi connectivity index (χ4v) is 3.17. The van der Waals surface area contributed by atoms with Crippen molar-refractivity contribution in [3.05, 3.63) is 45.6 Å². The summed E-state index contributed by atoms with van der Waals surface area (Å²) in [5.74, 6) is -0.534. The Morgan fingerprint density at radius 1 is 1.38 bits per heavy atom. The molecule has 0 spiro atoms. The van der Waals surface area contributed by atoms with Gasteiger partial charge in [0.15, 0.2) is 10.9 Å². The minimum absolute atomic E-state index is 0.0822. The summed E-state index contributed by atoms with van der Waals surface area (Å²) < 4.78 is 11.3. The monoisotopic (exact) mass is 408 g/mol. The van der Waals surface area contributed by atoms with E-state index in [4.69, 9.17) is 9.15 Å². The Labute approximate surface area is 150 Å². The number of ether oxygens (including phenoxy) is 1. The molecule has 0 saturated carbocycles. The van der Waals surface area contributed by atoms with Crippen molar-refractivity contribution in [1.29, 1.82) is 0 Å². The van der Waals surface area contributed by atoms with Crippen molar-refractivity contribution in [2.45, 2.75) is 13.3 Å². The zero-order valence-electron chi connectivity index (χ0n) is 12.7. The zero-order chi connectivity index (χ0) is 17.1. The van der Waals surface area contributed by atoms with Gasteiger partial charge in [-0.1, -0.05) is 15.9 Å². The Hall–Kier alpha value is -2.19. The molecule has 0 saturated heterocycles. The van der Waals surface area contributed by atoms with Gasteiger partial charge in [-0.2, -0.15) is 0 Å². The summed E-state index contributed by atoms with van der Waals surface area (Å²) in [7, 11) is 0. The molecule has 3 aromatic rings. The van der Waals surface area contributed by atoms with E-state index in [0.29, 0.717) is 23.0 Å². The number of carbonyl (C=O) groups excluding carboxylic acids is 2. The normalized spacial score (nSPS) is 10.8. The first-order valence-corrected chi connectivity index (χ1v) is 8.83. The van der Waals surface area contributed by atoms with Crippen molar-refractivity contribution in [2.24, 2.45) is 0 Å². The predicted molar refractivity (Wildman–Crippen MR) is 94.3 cm³/mol. The third-order valence-corrected chi connectivity index (χ3v) is 4.40. The molecule has 0 aliphatic heterocycles. The van der Waals surface area contributed by atoms with Crippen LogP contribution in [0, 0.1) is 0 Å². The Morgan fingerprint density at radius 2 is 2.21 bits per heavy atom. The number of benzene rings is 1. The van der Waals surface area contributed by atoms with Gasteiger partial charge < -0.3 is 9.15 Å². The molecular weight excluding hydrogens is 396 g/mol. The summed E-state index contributed by atoms with van der Waals surface area (Å²) >= 11 is 4.62. The molecule has 1 aromatic carbocycles. The lowest BCUT2D eigenvalue weighted by Crippen LogP contribution is -2.11. The van der Waals surface area contributed by atoms with Crippen LogP contribution in [0.1, 0.15) is 23.2 Å². The van der Waals surface area contributed by atoms with E-state index in [1.165, 1.54) is 11.3 Å². The fourth-order valence-electron chi connectivity index (χ4n) is 2.09. The van der Waals surface area contributed by atoms with Crippen LogP contribution in [0.3, 0.4) is 0 Å². The molecule has 0 aliphatic carbocycles. The maximum absolute atomic E-state index is 12.3. The standard InChI is InChI=1S/C16H13BrN2O4S/c1-2-22-14(20)7-11-8-24-16(18-11)19-15(21)13-6-9-5-10(17)3-4-12(9)23-13/h3-6,8H,2,7H2,1H3,(H,18,19,21). The summed E-state index contributed by atoms with van der Waals surface area (Å²) in [5.41, 5.74) is 1.19. The van der Waals surface area contributed by atoms with Crippen molar-refractivity contribution < 1.29 is 18.7 Å². The van der Waals surface area contributed by atoms with Crippen LogP contribution in [-0.2, 0) is 16.0 Å². The van der Waals surface area contributed by atoms with E-state index < -0.39 is 0 Å². The van der Waals surface area contributed by atoms with E-state index in [9.17, 15) is 9.59 Å². The number of esters is 1. The second kappa shape index (κ2) is 7.14. The summed E-state index contributed by atoms with van der Waals surface area (Å²) in [6, 6.07) is 7.17. The summed E-state index contributed by atoms with van der Waals surface area (Å²) in [4.78, 5) is 27.9. The number of fused-ring (bicyclic) bond motifs is 1. The highest BCUT2D eigenvalue weighted by Gasteiger charge is 2.15. The summed E-state index contributed by atoms with van der Waals surface area (Å²) in [6.45, 7) is 2.07. The number of thiazole rings is 1. The zero-order valence-corrected chi connectivity index (χ0v) is 15.1. The number of furan rings is 1. The van der Waals surface area contributed by atoms with Crippen LogP contribution in [0.2, 0.25) is 0 Å². The number of hydrogen-bond acceptors (Lipinski definition) is 6. The lowest BCUT2D eigenvalue weighted by Gasteiger charge is -1.99. The van der Waals surface area contributed by atoms with Gasteiger partial charge in [-0.05, 0) is 31.2 Å². The Balaban J connectivity index is 1.69. The van der Waals surface area contributed by atoms with Crippen LogP contribution >= 0.6 is 27.3 Å². The number of carbonyl (C=O) groups is 2. The number of amides is 1. The molecule has 0 bridgehead atoms. The molecule has 1 amide bonds. The molecule has 6 nitrogen and oxygen atoms in total. The molecule has 1 N–H and O–H groups in total. The third-order valence-electron chi connectivity index (χ3n) is 3.11. The molecule has 124 valence electrons. The van der Waals surface area contributed by atoms with Crippen molar-refractivity contribution >= 4 is 55.2 Å². The van der Waals surface area contributed by atoms with Gasteiger partial charge in [0.25, 0.3) is 5.91 Å². The SMILES string of the molecule is CCOC(=O)Cc1csc(NC(=O)c2cc3cc(Br)ccc3o2)n1. The second-order valence-corrected chi connectivity index (χ2v) is 6.65. The van der Waals surface area contributed by atoms with Gasteiger partial charge in [0.05, 0.1) is 18.7 Å². The van der Waals surface area contributed by atoms with Crippen LogP contribution in [-0.4, -0.2) is 23.5 Å². The lowest BCUT2D eigenvalue weighted by atomic mass is 10.2. The number of nitrogens with zero attached hydrogens (tertiary/aromatic N) is 1. The summed E-state index contributed by atoms with van der Waals surface area (Å²) in [6.07, 6.45) is 0.0822. The Morgan fingerprint density at radius 3 is 3.00 bits per heavy atom. The molecule has 0 aliphatic rings. The average Bonchev–Trinajstić information content (AvgIpc) is 3.13. The molecule has 24 heavy (non-hydrogen) atoms. The maximum atomic E-state index is 12.3. The molecular formula is C16H13BrN2O4S. The van der Waals surface area contributed by atoms with Crippen molar-refractivity contribution in [3.8, 4) is 0 Å². The van der Waals surface area contributed by atoms with E-state index in [2.05, 4.69) is 26.2 Å².